The van der Waals surface area contributed by atoms with Gasteiger partial charge in [0.15, 0.2) is 0 Å². The third-order valence-electron chi connectivity index (χ3n) is 2.51. The maximum Gasteiger partial charge on any atom is 0.231 e. The highest BCUT2D eigenvalue weighted by atomic mass is 79.9. The third-order valence-corrected chi connectivity index (χ3v) is 3.47. The number of primary amides is 1. The molecule has 100 valence electrons. The van der Waals surface area contributed by atoms with Crippen molar-refractivity contribution >= 4 is 27.5 Å². The number of nitrogen functional groups attached to an aromatic ring is 1. The number of halogens is 1. The van der Waals surface area contributed by atoms with Gasteiger partial charge in [0, 0.05) is 23.2 Å². The molecular weight excluding hydrogens is 294 g/mol. The summed E-state index contributed by atoms with van der Waals surface area (Å²) in [6, 6.07) is 5.75. The maximum absolute atomic E-state index is 11.1. The number of amides is 1. The predicted octanol–water partition coefficient (Wildman–Crippen LogP) is 1.97. The Morgan fingerprint density at radius 3 is 2.67 bits per heavy atom. The van der Waals surface area contributed by atoms with E-state index in [2.05, 4.69) is 29.8 Å². The average Bonchev–Trinajstić information content (AvgIpc) is 2.23. The lowest BCUT2D eigenvalue weighted by atomic mass is 10.1. The first-order valence-electron chi connectivity index (χ1n) is 5.93. The van der Waals surface area contributed by atoms with E-state index in [0.717, 1.165) is 16.6 Å². The quantitative estimate of drug-likeness (QED) is 0.789. The predicted molar refractivity (Wildman–Crippen MR) is 77.9 cm³/mol. The lowest BCUT2D eigenvalue weighted by Crippen LogP contribution is -2.35. The van der Waals surface area contributed by atoms with Crippen LogP contribution in [0, 0.1) is 5.92 Å². The van der Waals surface area contributed by atoms with Gasteiger partial charge in [0.1, 0.15) is 0 Å². The number of hydrogen-bond donors (Lipinski definition) is 2. The number of anilines is 1. The van der Waals surface area contributed by atoms with Crippen LogP contribution >= 0.6 is 15.9 Å². The van der Waals surface area contributed by atoms with Crippen LogP contribution in [-0.2, 0) is 11.3 Å². The molecule has 0 saturated carbocycles. The molecule has 0 fully saturated rings. The second-order valence-electron chi connectivity index (χ2n) is 4.85. The zero-order chi connectivity index (χ0) is 13.7. The molecule has 0 unspecified atom stereocenters. The van der Waals surface area contributed by atoms with E-state index in [4.69, 9.17) is 11.5 Å². The number of hydrogen-bond acceptors (Lipinski definition) is 3. The summed E-state index contributed by atoms with van der Waals surface area (Å²) in [6.45, 7) is 5.97. The second kappa shape index (κ2) is 6.75. The van der Waals surface area contributed by atoms with Gasteiger partial charge in [-0.15, -0.1) is 0 Å². The molecular formula is C13H20BrN3O. The van der Waals surface area contributed by atoms with Gasteiger partial charge in [-0.1, -0.05) is 26.0 Å². The van der Waals surface area contributed by atoms with Crippen molar-refractivity contribution in [2.24, 2.45) is 11.7 Å². The fraction of sp³-hybridized carbons (Fsp3) is 0.462. The van der Waals surface area contributed by atoms with Crippen molar-refractivity contribution in [1.82, 2.24) is 4.90 Å². The topological polar surface area (TPSA) is 72.3 Å². The van der Waals surface area contributed by atoms with Crippen molar-refractivity contribution in [3.63, 3.8) is 0 Å². The maximum atomic E-state index is 11.1. The van der Waals surface area contributed by atoms with E-state index in [-0.39, 0.29) is 12.5 Å². The van der Waals surface area contributed by atoms with E-state index in [0.29, 0.717) is 18.2 Å². The monoisotopic (exact) mass is 313 g/mol. The van der Waals surface area contributed by atoms with Gasteiger partial charge in [0.05, 0.1) is 6.54 Å². The summed E-state index contributed by atoms with van der Waals surface area (Å²) in [4.78, 5) is 13.1. The first-order chi connectivity index (χ1) is 8.40. The average molecular weight is 314 g/mol. The van der Waals surface area contributed by atoms with Gasteiger partial charge in [-0.25, -0.2) is 0 Å². The zero-order valence-electron chi connectivity index (χ0n) is 10.8. The Hall–Kier alpha value is -1.07. The van der Waals surface area contributed by atoms with E-state index in [1.54, 1.807) is 0 Å². The van der Waals surface area contributed by atoms with Gasteiger partial charge in [-0.3, -0.25) is 9.69 Å². The Labute approximate surface area is 116 Å². The molecule has 0 aliphatic heterocycles. The molecule has 0 aliphatic carbocycles. The van der Waals surface area contributed by atoms with Crippen molar-refractivity contribution in [2.45, 2.75) is 20.4 Å². The van der Waals surface area contributed by atoms with Crippen molar-refractivity contribution in [3.8, 4) is 0 Å². The number of rotatable bonds is 6. The summed E-state index contributed by atoms with van der Waals surface area (Å²) in [6.07, 6.45) is 0. The number of nitrogens with two attached hydrogens (primary N) is 2. The highest BCUT2D eigenvalue weighted by Crippen LogP contribution is 2.25. The highest BCUT2D eigenvalue weighted by Gasteiger charge is 2.13. The molecule has 5 heteroatoms. The summed E-state index contributed by atoms with van der Waals surface area (Å²) in [7, 11) is 0. The highest BCUT2D eigenvalue weighted by molar-refractivity contribution is 9.10. The van der Waals surface area contributed by atoms with Gasteiger partial charge in [0.25, 0.3) is 0 Å². The minimum absolute atomic E-state index is 0.263. The van der Waals surface area contributed by atoms with Crippen LogP contribution in [0.4, 0.5) is 5.69 Å². The van der Waals surface area contributed by atoms with Crippen LogP contribution < -0.4 is 11.5 Å². The summed E-state index contributed by atoms with van der Waals surface area (Å²) < 4.78 is 0.892. The second-order valence-corrected chi connectivity index (χ2v) is 5.64. The molecule has 0 atom stereocenters. The Bertz CT molecular complexity index is 421. The molecule has 0 radical (unpaired) electrons. The summed E-state index contributed by atoms with van der Waals surface area (Å²) in [5.74, 6) is 0.167. The van der Waals surface area contributed by atoms with Crippen molar-refractivity contribution in [2.75, 3.05) is 18.8 Å². The molecule has 1 aromatic carbocycles. The molecule has 1 amide bonds. The van der Waals surface area contributed by atoms with Gasteiger partial charge < -0.3 is 11.5 Å². The van der Waals surface area contributed by atoms with Crippen molar-refractivity contribution < 1.29 is 4.79 Å². The third kappa shape index (κ3) is 4.66. The van der Waals surface area contributed by atoms with Crippen LogP contribution in [0.25, 0.3) is 0 Å². The van der Waals surface area contributed by atoms with Crippen LogP contribution in [0.2, 0.25) is 0 Å². The number of nitrogens with zero attached hydrogens (tertiary/aromatic N) is 1. The molecule has 0 heterocycles. The molecule has 4 nitrogen and oxygen atoms in total. The molecule has 0 saturated heterocycles. The van der Waals surface area contributed by atoms with E-state index in [9.17, 15) is 4.79 Å². The summed E-state index contributed by atoms with van der Waals surface area (Å²) in [5, 5.41) is 0. The summed E-state index contributed by atoms with van der Waals surface area (Å²) >= 11 is 3.47. The smallest absolute Gasteiger partial charge is 0.231 e. The van der Waals surface area contributed by atoms with Gasteiger partial charge in [0.2, 0.25) is 5.91 Å². The summed E-state index contributed by atoms with van der Waals surface area (Å²) in [5.41, 5.74) is 12.9. The van der Waals surface area contributed by atoms with Gasteiger partial charge >= 0.3 is 0 Å². The van der Waals surface area contributed by atoms with E-state index in [1.807, 2.05) is 23.1 Å². The fourth-order valence-corrected chi connectivity index (χ4v) is 2.27. The normalized spacial score (nSPS) is 11.2. The fourth-order valence-electron chi connectivity index (χ4n) is 1.88. The van der Waals surface area contributed by atoms with Crippen molar-refractivity contribution in [1.29, 1.82) is 0 Å². The number of benzene rings is 1. The number of carbonyl (C=O) groups is 1. The molecule has 1 aromatic rings. The van der Waals surface area contributed by atoms with Crippen LogP contribution in [0.15, 0.2) is 22.7 Å². The van der Waals surface area contributed by atoms with Gasteiger partial charge in [-0.2, -0.15) is 0 Å². The molecule has 0 spiro atoms. The zero-order valence-corrected chi connectivity index (χ0v) is 12.4. The van der Waals surface area contributed by atoms with Gasteiger partial charge in [-0.05, 0) is 33.5 Å². The van der Waals surface area contributed by atoms with Crippen LogP contribution in [-0.4, -0.2) is 23.9 Å². The number of carbonyl (C=O) groups excluding carboxylic acids is 1. The molecule has 0 bridgehead atoms. The van der Waals surface area contributed by atoms with Crippen molar-refractivity contribution in [3.05, 3.63) is 28.2 Å². The largest absolute Gasteiger partial charge is 0.398 e. The van der Waals surface area contributed by atoms with E-state index >= 15 is 0 Å². The Morgan fingerprint density at radius 2 is 2.11 bits per heavy atom. The van der Waals surface area contributed by atoms with E-state index in [1.165, 1.54) is 0 Å². The first kappa shape index (κ1) is 15.0. The molecule has 1 rings (SSSR count). The SMILES string of the molecule is CC(C)CN(CC(N)=O)Cc1cccc(N)c1Br. The first-order valence-corrected chi connectivity index (χ1v) is 6.73. The molecule has 0 aliphatic rings. The molecule has 0 aromatic heterocycles. The Balaban J connectivity index is 2.81. The molecule has 4 N–H and O–H groups in total. The minimum Gasteiger partial charge on any atom is -0.398 e. The Kier molecular flexibility index (Phi) is 5.62. The minimum atomic E-state index is -0.310. The van der Waals surface area contributed by atoms with E-state index < -0.39 is 0 Å². The van der Waals surface area contributed by atoms with Crippen LogP contribution in [0.5, 0.6) is 0 Å². The molecule has 18 heavy (non-hydrogen) atoms. The lowest BCUT2D eigenvalue weighted by Gasteiger charge is -2.23. The lowest BCUT2D eigenvalue weighted by molar-refractivity contribution is -0.119. The van der Waals surface area contributed by atoms with Crippen LogP contribution in [0.1, 0.15) is 19.4 Å². The van der Waals surface area contributed by atoms with Crippen LogP contribution in [0.3, 0.4) is 0 Å². The Morgan fingerprint density at radius 1 is 1.44 bits per heavy atom. The standard InChI is InChI=1S/C13H20BrN3O/c1-9(2)6-17(8-12(16)18)7-10-4-3-5-11(15)13(10)14/h3-5,9H,6-8,15H2,1-2H3,(H2,16,18).